The Morgan fingerprint density at radius 2 is 1.54 bits per heavy atom. The van der Waals surface area contributed by atoms with Crippen LogP contribution in [0.25, 0.3) is 0 Å². The van der Waals surface area contributed by atoms with Crippen molar-refractivity contribution in [3.8, 4) is 5.75 Å². The van der Waals surface area contributed by atoms with Gasteiger partial charge in [-0.2, -0.15) is 39.5 Å². The number of halogens is 9. The Balaban J connectivity index is 1.60. The molecule has 18 heteroatoms. The van der Waals surface area contributed by atoms with Gasteiger partial charge in [-0.15, -0.1) is 0 Å². The number of aromatic nitrogens is 2. The number of nitrogens with one attached hydrogen (secondary N) is 1. The summed E-state index contributed by atoms with van der Waals surface area (Å²) < 4.78 is 132. The van der Waals surface area contributed by atoms with Gasteiger partial charge < -0.3 is 19.9 Å². The molecular formula is C34H35F9N4O5. The molecule has 284 valence electrons. The second kappa shape index (κ2) is 16.3. The van der Waals surface area contributed by atoms with E-state index in [-0.39, 0.29) is 61.0 Å². The van der Waals surface area contributed by atoms with Crippen molar-refractivity contribution >= 4 is 23.7 Å². The van der Waals surface area contributed by atoms with Gasteiger partial charge in [-0.25, -0.2) is 14.8 Å². The summed E-state index contributed by atoms with van der Waals surface area (Å²) in [5, 5.41) is 13.3. The number of anilines is 2. The molecule has 3 aromatic rings. The third kappa shape index (κ3) is 10.2. The van der Waals surface area contributed by atoms with Gasteiger partial charge in [0.15, 0.2) is 5.75 Å². The number of benzene rings is 2. The van der Waals surface area contributed by atoms with Crippen molar-refractivity contribution < 1.29 is 63.7 Å². The number of hydrogen-bond acceptors (Lipinski definition) is 8. The molecule has 4 rings (SSSR count). The van der Waals surface area contributed by atoms with Crippen LogP contribution in [0.2, 0.25) is 0 Å². The molecule has 2 aromatic carbocycles. The lowest BCUT2D eigenvalue weighted by Gasteiger charge is -2.40. The quantitative estimate of drug-likeness (QED) is 0.107. The number of nitrogens with zero attached hydrogens (tertiary/aromatic N) is 3. The minimum absolute atomic E-state index is 0.0110. The zero-order chi connectivity index (χ0) is 38.4. The predicted molar refractivity (Wildman–Crippen MR) is 168 cm³/mol. The molecule has 0 bridgehead atoms. The van der Waals surface area contributed by atoms with E-state index in [1.807, 2.05) is 0 Å². The lowest BCUT2D eigenvalue weighted by molar-refractivity contribution is -0.144. The maximum absolute atomic E-state index is 13.8. The highest BCUT2D eigenvalue weighted by atomic mass is 19.4. The van der Waals surface area contributed by atoms with Gasteiger partial charge in [0.1, 0.15) is 0 Å². The molecular weight excluding hydrogens is 715 g/mol. The van der Waals surface area contributed by atoms with Crippen LogP contribution in [0, 0.1) is 0 Å². The highest BCUT2D eigenvalue weighted by Crippen LogP contribution is 2.43. The third-order valence-electron chi connectivity index (χ3n) is 8.25. The van der Waals surface area contributed by atoms with Crippen LogP contribution in [0.3, 0.4) is 0 Å². The van der Waals surface area contributed by atoms with Crippen molar-refractivity contribution in [2.75, 3.05) is 23.4 Å². The summed E-state index contributed by atoms with van der Waals surface area (Å²) in [4.78, 5) is 34.1. The van der Waals surface area contributed by atoms with Crippen molar-refractivity contribution in [1.29, 1.82) is 0 Å². The van der Waals surface area contributed by atoms with Gasteiger partial charge in [0.25, 0.3) is 0 Å². The number of alkyl halides is 9. The van der Waals surface area contributed by atoms with E-state index in [0.717, 1.165) is 24.4 Å². The van der Waals surface area contributed by atoms with E-state index in [4.69, 9.17) is 9.47 Å². The number of unbranched alkanes of at least 4 members (excludes halogenated alkanes) is 2. The Morgan fingerprint density at radius 1 is 0.885 bits per heavy atom. The Hall–Kier alpha value is -4.77. The molecule has 0 spiro atoms. The Kier molecular flexibility index (Phi) is 12.5. The minimum Gasteiger partial charge on any atom is -0.504 e. The number of carbonyl (C=O) groups excluding carboxylic acids is 2. The lowest BCUT2D eigenvalue weighted by atomic mass is 9.89. The number of aromatic hydroxyl groups is 1. The fraction of sp³-hybridized carbons (Fsp3) is 0.471. The highest BCUT2D eigenvalue weighted by Gasteiger charge is 2.40. The molecule has 1 aromatic heterocycles. The standard InChI is InChI=1S/C34H35F9N4O5/c1-3-23-17-25(45-30-44-18-28(48)26(46-30)14-19-12-21(33(38,39)40)15-22(13-19)34(41,42)43)24-16-20(32(35,36)37)9-10-27(24)47(23)31(50)52-11-7-5-6-8-29(49)51-4-2/h9-10,12-13,15-16,18,23,25,48H,3-8,11,14,17H2,1-2H3,(H,44,45,46)/t23-,25+/m1/s1. The van der Waals surface area contributed by atoms with Crippen LogP contribution >= 0.6 is 0 Å². The molecule has 1 aliphatic rings. The molecule has 0 saturated carbocycles. The van der Waals surface area contributed by atoms with Crippen LogP contribution in [0.5, 0.6) is 5.75 Å². The Morgan fingerprint density at radius 3 is 2.13 bits per heavy atom. The summed E-state index contributed by atoms with van der Waals surface area (Å²) in [5.74, 6) is -1.29. The van der Waals surface area contributed by atoms with Crippen molar-refractivity contribution in [3.63, 3.8) is 0 Å². The van der Waals surface area contributed by atoms with Crippen molar-refractivity contribution in [2.24, 2.45) is 0 Å². The van der Waals surface area contributed by atoms with Crippen LogP contribution in [0.4, 0.5) is 55.9 Å². The zero-order valence-electron chi connectivity index (χ0n) is 27.9. The Labute approximate surface area is 292 Å². The molecule has 0 unspecified atom stereocenters. The second-order valence-electron chi connectivity index (χ2n) is 12.0. The summed E-state index contributed by atoms with van der Waals surface area (Å²) in [6, 6.07) is 2.14. The summed E-state index contributed by atoms with van der Waals surface area (Å²) >= 11 is 0. The monoisotopic (exact) mass is 750 g/mol. The first kappa shape index (κ1) is 40.0. The van der Waals surface area contributed by atoms with E-state index in [9.17, 15) is 54.2 Å². The normalized spacial score (nSPS) is 16.3. The topological polar surface area (TPSA) is 114 Å². The second-order valence-corrected chi connectivity index (χ2v) is 12.0. The first-order valence-corrected chi connectivity index (χ1v) is 16.2. The summed E-state index contributed by atoms with van der Waals surface area (Å²) in [5.41, 5.74) is -4.88. The average Bonchev–Trinajstić information content (AvgIpc) is 3.06. The molecule has 1 amide bonds. The van der Waals surface area contributed by atoms with E-state index in [1.54, 1.807) is 13.8 Å². The molecule has 2 atom stereocenters. The van der Waals surface area contributed by atoms with E-state index in [0.29, 0.717) is 37.8 Å². The van der Waals surface area contributed by atoms with E-state index in [1.165, 1.54) is 4.90 Å². The van der Waals surface area contributed by atoms with E-state index in [2.05, 4.69) is 15.3 Å². The van der Waals surface area contributed by atoms with Gasteiger partial charge in [0.2, 0.25) is 5.95 Å². The smallest absolute Gasteiger partial charge is 0.416 e. The number of hydrogen-bond donors (Lipinski definition) is 2. The zero-order valence-corrected chi connectivity index (χ0v) is 27.9. The Bertz CT molecular complexity index is 1700. The van der Waals surface area contributed by atoms with Crippen LogP contribution in [-0.2, 0) is 39.2 Å². The molecule has 9 nitrogen and oxygen atoms in total. The fourth-order valence-corrected chi connectivity index (χ4v) is 5.76. The minimum atomic E-state index is -5.11. The number of ether oxygens (including phenoxy) is 2. The van der Waals surface area contributed by atoms with Crippen LogP contribution in [0.1, 0.15) is 91.9 Å². The lowest BCUT2D eigenvalue weighted by Crippen LogP contribution is -2.46. The molecule has 0 saturated heterocycles. The van der Waals surface area contributed by atoms with Crippen molar-refractivity contribution in [3.05, 3.63) is 76.1 Å². The third-order valence-corrected chi connectivity index (χ3v) is 8.25. The number of amides is 1. The maximum atomic E-state index is 13.8. The first-order chi connectivity index (χ1) is 24.3. The van der Waals surface area contributed by atoms with Gasteiger partial charge >= 0.3 is 30.6 Å². The van der Waals surface area contributed by atoms with Crippen LogP contribution in [-0.4, -0.2) is 46.4 Å². The van der Waals surface area contributed by atoms with Crippen molar-refractivity contribution in [1.82, 2.24) is 9.97 Å². The maximum Gasteiger partial charge on any atom is 0.416 e. The molecule has 0 fully saturated rings. The number of rotatable bonds is 12. The first-order valence-electron chi connectivity index (χ1n) is 16.2. The van der Waals surface area contributed by atoms with Gasteiger partial charge in [-0.1, -0.05) is 6.92 Å². The average molecular weight is 751 g/mol. The van der Waals surface area contributed by atoms with Gasteiger partial charge in [0, 0.05) is 18.9 Å². The molecule has 52 heavy (non-hydrogen) atoms. The van der Waals surface area contributed by atoms with E-state index < -0.39 is 71.1 Å². The van der Waals surface area contributed by atoms with Gasteiger partial charge in [0.05, 0.1) is 53.5 Å². The van der Waals surface area contributed by atoms with Gasteiger partial charge in [-0.05, 0) is 86.6 Å². The van der Waals surface area contributed by atoms with Crippen LogP contribution in [0.15, 0.2) is 42.6 Å². The molecule has 0 radical (unpaired) electrons. The van der Waals surface area contributed by atoms with Crippen LogP contribution < -0.4 is 10.2 Å². The number of carbonyl (C=O) groups is 2. The molecule has 1 aliphatic heterocycles. The largest absolute Gasteiger partial charge is 0.504 e. The summed E-state index contributed by atoms with van der Waals surface area (Å²) in [7, 11) is 0. The fourth-order valence-electron chi connectivity index (χ4n) is 5.76. The predicted octanol–water partition coefficient (Wildman–Crippen LogP) is 9.23. The highest BCUT2D eigenvalue weighted by molar-refractivity contribution is 5.90. The summed E-state index contributed by atoms with van der Waals surface area (Å²) in [6.07, 6.45) is -13.6. The van der Waals surface area contributed by atoms with E-state index >= 15 is 0 Å². The molecule has 0 aliphatic carbocycles. The summed E-state index contributed by atoms with van der Waals surface area (Å²) in [6.45, 7) is 3.67. The number of fused-ring (bicyclic) bond motifs is 1. The number of esters is 1. The molecule has 2 N–H and O–H groups in total. The SMILES string of the molecule is CCOC(=O)CCCCCOC(=O)N1c2ccc(C(F)(F)F)cc2[C@@H](Nc2ncc(O)c(Cc3cc(C(F)(F)F)cc(C(F)(F)F)c3)n2)C[C@H]1CC. The van der Waals surface area contributed by atoms with Gasteiger partial charge in [-0.3, -0.25) is 9.69 Å². The van der Waals surface area contributed by atoms with Crippen molar-refractivity contribution in [2.45, 2.75) is 89.4 Å². The molecule has 2 heterocycles.